The van der Waals surface area contributed by atoms with Crippen LogP contribution in [0.15, 0.2) is 45.8 Å². The molecule has 0 saturated carbocycles. The minimum atomic E-state index is -3.74. The van der Waals surface area contributed by atoms with Crippen molar-refractivity contribution in [2.75, 3.05) is 5.32 Å². The SMILES string of the molecule is NS(=O)(=O)c1ccc(NCc2cccc(Cl)c2O)c(Br)c1. The molecular formula is C13H12BrClN2O3S. The van der Waals surface area contributed by atoms with E-state index in [2.05, 4.69) is 21.2 Å². The Bertz CT molecular complexity index is 781. The van der Waals surface area contributed by atoms with Gasteiger partial charge in [0.05, 0.1) is 9.92 Å². The minimum Gasteiger partial charge on any atom is -0.506 e. The molecule has 21 heavy (non-hydrogen) atoms. The van der Waals surface area contributed by atoms with E-state index in [0.29, 0.717) is 22.3 Å². The van der Waals surface area contributed by atoms with Gasteiger partial charge in [0.2, 0.25) is 10.0 Å². The molecule has 0 saturated heterocycles. The van der Waals surface area contributed by atoms with Crippen LogP contribution in [0.1, 0.15) is 5.56 Å². The number of hydrogen-bond donors (Lipinski definition) is 3. The third-order valence-electron chi connectivity index (χ3n) is 2.81. The second-order valence-electron chi connectivity index (χ2n) is 4.29. The first kappa shape index (κ1) is 16.1. The zero-order valence-electron chi connectivity index (χ0n) is 10.7. The highest BCUT2D eigenvalue weighted by Crippen LogP contribution is 2.29. The summed E-state index contributed by atoms with van der Waals surface area (Å²) in [5.74, 6) is 0.0175. The van der Waals surface area contributed by atoms with Gasteiger partial charge < -0.3 is 10.4 Å². The first-order valence-corrected chi connectivity index (χ1v) is 8.53. The van der Waals surface area contributed by atoms with Crippen molar-refractivity contribution in [3.63, 3.8) is 0 Å². The van der Waals surface area contributed by atoms with E-state index in [1.165, 1.54) is 12.1 Å². The molecule has 0 aliphatic carbocycles. The van der Waals surface area contributed by atoms with Crippen LogP contribution in [0.3, 0.4) is 0 Å². The van der Waals surface area contributed by atoms with Crippen molar-refractivity contribution in [2.24, 2.45) is 5.14 Å². The van der Waals surface area contributed by atoms with E-state index in [0.717, 1.165) is 0 Å². The van der Waals surface area contributed by atoms with E-state index in [4.69, 9.17) is 16.7 Å². The van der Waals surface area contributed by atoms with Crippen LogP contribution < -0.4 is 10.5 Å². The lowest BCUT2D eigenvalue weighted by Gasteiger charge is -2.11. The highest BCUT2D eigenvalue weighted by atomic mass is 79.9. The number of primary sulfonamides is 1. The molecule has 0 aliphatic heterocycles. The predicted molar refractivity (Wildman–Crippen MR) is 86.0 cm³/mol. The van der Waals surface area contributed by atoms with Crippen molar-refractivity contribution in [3.8, 4) is 5.75 Å². The van der Waals surface area contributed by atoms with E-state index in [1.54, 1.807) is 24.3 Å². The summed E-state index contributed by atoms with van der Waals surface area (Å²) < 4.78 is 23.0. The number of phenolic OH excluding ortho intramolecular Hbond substituents is 1. The molecule has 4 N–H and O–H groups in total. The molecule has 0 amide bonds. The van der Waals surface area contributed by atoms with Crippen LogP contribution in [0.2, 0.25) is 5.02 Å². The number of phenols is 1. The molecule has 0 aliphatic rings. The van der Waals surface area contributed by atoms with Crippen LogP contribution in [0.5, 0.6) is 5.75 Å². The van der Waals surface area contributed by atoms with Gasteiger partial charge >= 0.3 is 0 Å². The summed E-state index contributed by atoms with van der Waals surface area (Å²) in [6.45, 7) is 0.333. The number of hydrogen-bond acceptors (Lipinski definition) is 4. The topological polar surface area (TPSA) is 92.4 Å². The maximum absolute atomic E-state index is 11.2. The number of para-hydroxylation sites is 1. The number of nitrogens with one attached hydrogen (secondary N) is 1. The van der Waals surface area contributed by atoms with Gasteiger partial charge in [0, 0.05) is 22.3 Å². The minimum absolute atomic E-state index is 0.0175. The molecule has 0 fully saturated rings. The second-order valence-corrected chi connectivity index (χ2v) is 7.11. The molecule has 2 aromatic rings. The average Bonchev–Trinajstić information content (AvgIpc) is 2.40. The summed E-state index contributed by atoms with van der Waals surface area (Å²) in [6.07, 6.45) is 0. The maximum Gasteiger partial charge on any atom is 0.238 e. The third kappa shape index (κ3) is 3.88. The Morgan fingerprint density at radius 1 is 1.29 bits per heavy atom. The average molecular weight is 392 g/mol. The Kier molecular flexibility index (Phi) is 4.77. The monoisotopic (exact) mass is 390 g/mol. The summed E-state index contributed by atoms with van der Waals surface area (Å²) in [4.78, 5) is 0.0190. The van der Waals surface area contributed by atoms with Crippen LogP contribution in [-0.2, 0) is 16.6 Å². The molecule has 8 heteroatoms. The smallest absolute Gasteiger partial charge is 0.238 e. The predicted octanol–water partition coefficient (Wildman–Crippen LogP) is 3.07. The van der Waals surface area contributed by atoms with E-state index >= 15 is 0 Å². The zero-order valence-corrected chi connectivity index (χ0v) is 13.8. The molecule has 2 aromatic carbocycles. The van der Waals surface area contributed by atoms with Gasteiger partial charge in [-0.15, -0.1) is 0 Å². The van der Waals surface area contributed by atoms with Gasteiger partial charge in [-0.1, -0.05) is 23.7 Å². The van der Waals surface area contributed by atoms with Crippen molar-refractivity contribution >= 4 is 43.2 Å². The lowest BCUT2D eigenvalue weighted by molar-refractivity contribution is 0.469. The molecule has 0 radical (unpaired) electrons. The number of anilines is 1. The largest absolute Gasteiger partial charge is 0.506 e. The zero-order chi connectivity index (χ0) is 15.6. The van der Waals surface area contributed by atoms with Crippen molar-refractivity contribution in [1.29, 1.82) is 0 Å². The van der Waals surface area contributed by atoms with Crippen LogP contribution >= 0.6 is 27.5 Å². The molecular weight excluding hydrogens is 380 g/mol. The maximum atomic E-state index is 11.2. The van der Waals surface area contributed by atoms with E-state index in [1.807, 2.05) is 0 Å². The van der Waals surface area contributed by atoms with Crippen molar-refractivity contribution in [1.82, 2.24) is 0 Å². The number of aromatic hydroxyl groups is 1. The van der Waals surface area contributed by atoms with Crippen molar-refractivity contribution in [3.05, 3.63) is 51.5 Å². The highest BCUT2D eigenvalue weighted by molar-refractivity contribution is 9.10. The summed E-state index contributed by atoms with van der Waals surface area (Å²) in [7, 11) is -3.74. The molecule has 0 heterocycles. The van der Waals surface area contributed by atoms with Crippen LogP contribution in [0, 0.1) is 0 Å². The molecule has 5 nitrogen and oxygen atoms in total. The number of halogens is 2. The quantitative estimate of drug-likeness (QED) is 0.747. The fourth-order valence-corrected chi connectivity index (χ4v) is 3.11. The van der Waals surface area contributed by atoms with Gasteiger partial charge in [0.25, 0.3) is 0 Å². The molecule has 112 valence electrons. The lowest BCUT2D eigenvalue weighted by atomic mass is 10.2. The Hall–Kier alpha value is -1.28. The highest BCUT2D eigenvalue weighted by Gasteiger charge is 2.11. The fraction of sp³-hybridized carbons (Fsp3) is 0.0769. The summed E-state index contributed by atoms with van der Waals surface area (Å²) in [5.41, 5.74) is 1.30. The van der Waals surface area contributed by atoms with E-state index in [9.17, 15) is 13.5 Å². The fourth-order valence-electron chi connectivity index (χ4n) is 1.71. The second kappa shape index (κ2) is 6.23. The third-order valence-corrected chi connectivity index (χ3v) is 4.68. The Morgan fingerprint density at radius 2 is 2.00 bits per heavy atom. The first-order valence-electron chi connectivity index (χ1n) is 5.81. The first-order chi connectivity index (χ1) is 9.79. The number of sulfonamides is 1. The molecule has 0 spiro atoms. The lowest BCUT2D eigenvalue weighted by Crippen LogP contribution is -2.12. The summed E-state index contributed by atoms with van der Waals surface area (Å²) in [6, 6.07) is 9.47. The Balaban J connectivity index is 2.19. The number of benzene rings is 2. The van der Waals surface area contributed by atoms with E-state index < -0.39 is 10.0 Å². The van der Waals surface area contributed by atoms with Crippen molar-refractivity contribution < 1.29 is 13.5 Å². The number of nitrogens with two attached hydrogens (primary N) is 1. The van der Waals surface area contributed by atoms with Gasteiger partial charge in [0.1, 0.15) is 5.75 Å². The standard InChI is InChI=1S/C13H12BrClN2O3S/c14-10-6-9(21(16,19)20)4-5-12(10)17-7-8-2-1-3-11(15)13(8)18/h1-6,17-18H,7H2,(H2,16,19,20). The van der Waals surface area contributed by atoms with Gasteiger partial charge in [-0.25, -0.2) is 13.6 Å². The molecule has 0 atom stereocenters. The molecule has 0 bridgehead atoms. The Labute approximate surface area is 135 Å². The van der Waals surface area contributed by atoms with Crippen LogP contribution in [0.4, 0.5) is 5.69 Å². The van der Waals surface area contributed by atoms with Crippen LogP contribution in [0.25, 0.3) is 0 Å². The molecule has 0 unspecified atom stereocenters. The van der Waals surface area contributed by atoms with Gasteiger partial charge in [-0.05, 0) is 40.2 Å². The van der Waals surface area contributed by atoms with Gasteiger partial charge in [0.15, 0.2) is 0 Å². The Morgan fingerprint density at radius 3 is 2.62 bits per heavy atom. The molecule has 0 aromatic heterocycles. The van der Waals surface area contributed by atoms with Gasteiger partial charge in [-0.3, -0.25) is 0 Å². The number of rotatable bonds is 4. The summed E-state index contributed by atoms with van der Waals surface area (Å²) in [5, 5.41) is 18.2. The van der Waals surface area contributed by atoms with E-state index in [-0.39, 0.29) is 15.7 Å². The summed E-state index contributed by atoms with van der Waals surface area (Å²) >= 11 is 9.11. The normalized spacial score (nSPS) is 11.4. The van der Waals surface area contributed by atoms with Gasteiger partial charge in [-0.2, -0.15) is 0 Å². The molecule has 2 rings (SSSR count). The van der Waals surface area contributed by atoms with Crippen LogP contribution in [-0.4, -0.2) is 13.5 Å². The van der Waals surface area contributed by atoms with Crippen molar-refractivity contribution in [2.45, 2.75) is 11.4 Å².